The Bertz CT molecular complexity index is 467. The van der Waals surface area contributed by atoms with E-state index in [1.54, 1.807) is 0 Å². The second-order valence-electron chi connectivity index (χ2n) is 4.67. The molecule has 2 rings (SSSR count). The second kappa shape index (κ2) is 7.04. The molecule has 5 heteroatoms. The van der Waals surface area contributed by atoms with Gasteiger partial charge in [-0.1, -0.05) is 29.3 Å². The highest BCUT2D eigenvalue weighted by molar-refractivity contribution is 9.10. The summed E-state index contributed by atoms with van der Waals surface area (Å²) in [7, 11) is 0. The topological polar surface area (TPSA) is 29.1 Å². The summed E-state index contributed by atoms with van der Waals surface area (Å²) < 4.78 is 0.939. The molecule has 1 saturated carbocycles. The van der Waals surface area contributed by atoms with Gasteiger partial charge in [0.2, 0.25) is 0 Å². The largest absolute Gasteiger partial charge is 0.348 e. The molecule has 0 spiro atoms. The number of carbonyl (C=O) groups is 1. The number of benzene rings is 1. The molecule has 2 nitrogen and oxygen atoms in total. The van der Waals surface area contributed by atoms with Crippen LogP contribution in [0.3, 0.4) is 0 Å². The first-order valence-corrected chi connectivity index (χ1v) is 8.81. The molecule has 1 amide bonds. The molecule has 1 aromatic rings. The molecule has 1 fully saturated rings. The van der Waals surface area contributed by atoms with Crippen molar-refractivity contribution in [3.63, 3.8) is 0 Å². The first kappa shape index (κ1) is 15.3. The predicted molar refractivity (Wildman–Crippen MR) is 88.4 cm³/mol. The maximum Gasteiger partial charge on any atom is 0.252 e. The lowest BCUT2D eigenvalue weighted by Gasteiger charge is -2.20. The van der Waals surface area contributed by atoms with Crippen molar-refractivity contribution in [2.24, 2.45) is 0 Å². The Morgan fingerprint density at radius 2 is 2.32 bits per heavy atom. The van der Waals surface area contributed by atoms with Crippen molar-refractivity contribution >= 4 is 46.2 Å². The van der Waals surface area contributed by atoms with Crippen molar-refractivity contribution in [3.05, 3.63) is 28.2 Å². The summed E-state index contributed by atoms with van der Waals surface area (Å²) in [6.45, 7) is 2.17. The number of thioether (sulfide) groups is 1. The van der Waals surface area contributed by atoms with Crippen LogP contribution in [-0.4, -0.2) is 23.0 Å². The fourth-order valence-electron chi connectivity index (χ4n) is 2.45. The van der Waals surface area contributed by atoms with Crippen LogP contribution < -0.4 is 5.32 Å². The second-order valence-corrected chi connectivity index (χ2v) is 7.58. The summed E-state index contributed by atoms with van der Waals surface area (Å²) in [6, 6.07) is 5.85. The van der Waals surface area contributed by atoms with E-state index in [1.165, 1.54) is 12.8 Å². The van der Waals surface area contributed by atoms with E-state index in [-0.39, 0.29) is 5.91 Å². The van der Waals surface area contributed by atoms with Gasteiger partial charge in [0.15, 0.2) is 0 Å². The van der Waals surface area contributed by atoms with Gasteiger partial charge in [-0.3, -0.25) is 4.79 Å². The molecule has 1 aliphatic rings. The van der Waals surface area contributed by atoms with Crippen LogP contribution >= 0.6 is 40.3 Å². The molecule has 2 atom stereocenters. The minimum atomic E-state index is -0.00824. The van der Waals surface area contributed by atoms with Gasteiger partial charge >= 0.3 is 0 Å². The maximum atomic E-state index is 12.3. The first-order chi connectivity index (χ1) is 9.11. The van der Waals surface area contributed by atoms with E-state index in [4.69, 9.17) is 0 Å². The third-order valence-corrected chi connectivity index (χ3v) is 5.54. The Labute approximate surface area is 132 Å². The average molecular weight is 360 g/mol. The highest BCUT2D eigenvalue weighted by Gasteiger charge is 2.28. The van der Waals surface area contributed by atoms with Crippen LogP contribution in [0.4, 0.5) is 0 Å². The molecule has 104 valence electrons. The minimum Gasteiger partial charge on any atom is -0.348 e. The molecule has 0 saturated heterocycles. The molecule has 1 aliphatic carbocycles. The SMILES string of the molecule is CCSC1CCCC1NC(=O)c1ccc(Br)cc1S. The summed E-state index contributed by atoms with van der Waals surface area (Å²) in [5, 5.41) is 3.73. The molecule has 0 bridgehead atoms. The van der Waals surface area contributed by atoms with E-state index in [0.29, 0.717) is 21.8 Å². The van der Waals surface area contributed by atoms with Crippen LogP contribution in [-0.2, 0) is 0 Å². The number of carbonyl (C=O) groups excluding carboxylic acids is 1. The van der Waals surface area contributed by atoms with Crippen molar-refractivity contribution < 1.29 is 4.79 Å². The van der Waals surface area contributed by atoms with Crippen LogP contribution in [0.25, 0.3) is 0 Å². The number of rotatable bonds is 4. The van der Waals surface area contributed by atoms with Crippen molar-refractivity contribution in [2.75, 3.05) is 5.75 Å². The van der Waals surface area contributed by atoms with Gasteiger partial charge < -0.3 is 5.32 Å². The lowest BCUT2D eigenvalue weighted by Crippen LogP contribution is -2.38. The summed E-state index contributed by atoms with van der Waals surface area (Å²) >= 11 is 9.70. The molecule has 19 heavy (non-hydrogen) atoms. The van der Waals surface area contributed by atoms with E-state index in [0.717, 1.165) is 16.6 Å². The number of nitrogens with one attached hydrogen (secondary N) is 1. The average Bonchev–Trinajstić information content (AvgIpc) is 2.77. The number of amides is 1. The van der Waals surface area contributed by atoms with Crippen LogP contribution in [0, 0.1) is 0 Å². The van der Waals surface area contributed by atoms with Gasteiger partial charge in [0.1, 0.15) is 0 Å². The molecule has 0 aromatic heterocycles. The van der Waals surface area contributed by atoms with Gasteiger partial charge in [-0.25, -0.2) is 0 Å². The van der Waals surface area contributed by atoms with Gasteiger partial charge in [0, 0.05) is 20.7 Å². The zero-order valence-corrected chi connectivity index (χ0v) is 14.2. The Morgan fingerprint density at radius 1 is 1.53 bits per heavy atom. The molecular weight excluding hydrogens is 342 g/mol. The summed E-state index contributed by atoms with van der Waals surface area (Å²) in [5.74, 6) is 1.10. The van der Waals surface area contributed by atoms with Crippen molar-refractivity contribution in [1.82, 2.24) is 5.32 Å². The van der Waals surface area contributed by atoms with E-state index in [2.05, 4.69) is 40.8 Å². The van der Waals surface area contributed by atoms with Crippen LogP contribution in [0.5, 0.6) is 0 Å². The third-order valence-electron chi connectivity index (χ3n) is 3.35. The summed E-state index contributed by atoms with van der Waals surface area (Å²) in [6.07, 6.45) is 3.50. The standard InChI is InChI=1S/C14H18BrNOS2/c1-2-19-13-5-3-4-11(13)16-14(17)10-7-6-9(15)8-12(10)18/h6-8,11,13,18H,2-5H2,1H3,(H,16,17). The fourth-order valence-corrected chi connectivity index (χ4v) is 4.50. The molecule has 2 unspecified atom stereocenters. The van der Waals surface area contributed by atoms with Gasteiger partial charge in [-0.2, -0.15) is 11.8 Å². The Balaban J connectivity index is 2.04. The lowest BCUT2D eigenvalue weighted by atomic mass is 10.2. The van der Waals surface area contributed by atoms with Crippen molar-refractivity contribution in [1.29, 1.82) is 0 Å². The van der Waals surface area contributed by atoms with Gasteiger partial charge in [-0.05, 0) is 36.8 Å². The van der Waals surface area contributed by atoms with Crippen molar-refractivity contribution in [2.45, 2.75) is 42.4 Å². The maximum absolute atomic E-state index is 12.3. The normalized spacial score (nSPS) is 22.5. The number of thiol groups is 1. The quantitative estimate of drug-likeness (QED) is 0.790. The molecule has 0 heterocycles. The zero-order chi connectivity index (χ0) is 13.8. The van der Waals surface area contributed by atoms with Crippen molar-refractivity contribution in [3.8, 4) is 0 Å². The number of halogens is 1. The molecule has 1 aromatic carbocycles. The molecular formula is C14H18BrNOS2. The van der Waals surface area contributed by atoms with Crippen LogP contribution in [0.2, 0.25) is 0 Å². The highest BCUT2D eigenvalue weighted by atomic mass is 79.9. The van der Waals surface area contributed by atoms with E-state index in [9.17, 15) is 4.79 Å². The van der Waals surface area contributed by atoms with E-state index >= 15 is 0 Å². The van der Waals surface area contributed by atoms with Gasteiger partial charge in [-0.15, -0.1) is 12.6 Å². The Kier molecular flexibility index (Phi) is 5.66. The fraction of sp³-hybridized carbons (Fsp3) is 0.500. The zero-order valence-electron chi connectivity index (χ0n) is 10.9. The van der Waals surface area contributed by atoms with E-state index < -0.39 is 0 Å². The van der Waals surface area contributed by atoms with Crippen LogP contribution in [0.15, 0.2) is 27.6 Å². The van der Waals surface area contributed by atoms with Gasteiger partial charge in [0.05, 0.1) is 5.56 Å². The molecule has 0 radical (unpaired) electrons. The van der Waals surface area contributed by atoms with Gasteiger partial charge in [0.25, 0.3) is 5.91 Å². The highest BCUT2D eigenvalue weighted by Crippen LogP contribution is 2.30. The molecule has 1 N–H and O–H groups in total. The minimum absolute atomic E-state index is 0.00824. The van der Waals surface area contributed by atoms with Crippen LogP contribution in [0.1, 0.15) is 36.5 Å². The third kappa shape index (κ3) is 3.92. The first-order valence-electron chi connectivity index (χ1n) is 6.52. The monoisotopic (exact) mass is 359 g/mol. The number of hydrogen-bond acceptors (Lipinski definition) is 3. The smallest absolute Gasteiger partial charge is 0.252 e. The lowest BCUT2D eigenvalue weighted by molar-refractivity contribution is 0.0936. The Morgan fingerprint density at radius 3 is 3.00 bits per heavy atom. The summed E-state index contributed by atoms with van der Waals surface area (Å²) in [4.78, 5) is 13.0. The summed E-state index contributed by atoms with van der Waals surface area (Å²) in [5.41, 5.74) is 0.652. The number of hydrogen-bond donors (Lipinski definition) is 2. The Hall–Kier alpha value is -0.130. The van der Waals surface area contributed by atoms with E-state index in [1.807, 2.05) is 30.0 Å². The molecule has 0 aliphatic heterocycles. The predicted octanol–water partition coefficient (Wildman–Crippen LogP) is 4.14.